The summed E-state index contributed by atoms with van der Waals surface area (Å²) in [6.07, 6.45) is 1.83. The minimum Gasteiger partial charge on any atom is -0.399 e. The summed E-state index contributed by atoms with van der Waals surface area (Å²) in [6, 6.07) is 1.67. The van der Waals surface area contributed by atoms with E-state index in [1.165, 1.54) is 0 Å². The lowest BCUT2D eigenvalue weighted by Gasteiger charge is -2.32. The predicted molar refractivity (Wildman–Crippen MR) is 106 cm³/mol. The number of hydrogen-bond acceptors (Lipinski definition) is 5. The van der Waals surface area contributed by atoms with Crippen molar-refractivity contribution in [3.05, 3.63) is 28.2 Å². The van der Waals surface area contributed by atoms with Crippen LogP contribution in [0.25, 0.3) is 0 Å². The van der Waals surface area contributed by atoms with Crippen molar-refractivity contribution in [2.75, 3.05) is 0 Å². The van der Waals surface area contributed by atoms with E-state index in [0.29, 0.717) is 0 Å². The third-order valence-electron chi connectivity index (χ3n) is 4.81. The molecule has 1 N–H and O–H groups in total. The molecule has 140 valence electrons. The topological polar surface area (TPSA) is 52.5 Å². The van der Waals surface area contributed by atoms with Crippen LogP contribution in [0.2, 0.25) is 0 Å². The first-order valence-electron chi connectivity index (χ1n) is 8.73. The lowest BCUT2D eigenvalue weighted by atomic mass is 9.75. The Morgan fingerprint density at radius 3 is 2.20 bits per heavy atom. The zero-order valence-electron chi connectivity index (χ0n) is 16.9. The molecule has 0 spiro atoms. The highest BCUT2D eigenvalue weighted by Crippen LogP contribution is 2.37. The Labute approximate surface area is 156 Å². The van der Waals surface area contributed by atoms with Crippen LogP contribution < -0.4 is 15.7 Å². The van der Waals surface area contributed by atoms with Gasteiger partial charge in [-0.05, 0) is 61.0 Å². The molecule has 1 aromatic heterocycles. The minimum atomic E-state index is -0.490. The molecule has 0 aromatic carbocycles. The second-order valence-electron chi connectivity index (χ2n) is 8.78. The van der Waals surface area contributed by atoms with Crippen LogP contribution in [0.1, 0.15) is 67.0 Å². The van der Waals surface area contributed by atoms with Crippen molar-refractivity contribution in [1.82, 2.24) is 9.29 Å². The maximum atomic E-state index is 12.2. The third-order valence-corrected chi connectivity index (χ3v) is 5.89. The summed E-state index contributed by atoms with van der Waals surface area (Å²) in [4.78, 5) is 12.2. The first kappa shape index (κ1) is 20.6. The van der Waals surface area contributed by atoms with Gasteiger partial charge in [0.15, 0.2) is 0 Å². The molecule has 2 heterocycles. The van der Waals surface area contributed by atoms with Crippen LogP contribution in [-0.4, -0.2) is 27.6 Å². The lowest BCUT2D eigenvalue weighted by Crippen LogP contribution is -2.41. The molecule has 1 aromatic rings. The van der Waals surface area contributed by atoms with Gasteiger partial charge in [0.2, 0.25) is 0 Å². The second kappa shape index (κ2) is 6.76. The zero-order chi connectivity index (χ0) is 19.2. The number of hydrogen-bond donors (Lipinski definition) is 1. The van der Waals surface area contributed by atoms with Gasteiger partial charge < -0.3 is 13.9 Å². The van der Waals surface area contributed by atoms with Gasteiger partial charge in [-0.25, -0.2) is 0 Å². The van der Waals surface area contributed by atoms with Crippen molar-refractivity contribution in [3.63, 3.8) is 0 Å². The molecule has 0 unspecified atom stereocenters. The Hall–Kier alpha value is -0.755. The second-order valence-corrected chi connectivity index (χ2v) is 10.4. The van der Waals surface area contributed by atoms with Gasteiger partial charge >= 0.3 is 7.12 Å². The van der Waals surface area contributed by atoms with Crippen molar-refractivity contribution in [2.45, 2.75) is 77.4 Å². The normalized spacial score (nSPS) is 20.8. The molecule has 7 heteroatoms. The van der Waals surface area contributed by atoms with Crippen LogP contribution >= 0.6 is 11.9 Å². The van der Waals surface area contributed by atoms with E-state index in [2.05, 4.69) is 32.4 Å². The molecule has 1 atom stereocenters. The van der Waals surface area contributed by atoms with Crippen LogP contribution in [0, 0.1) is 0 Å². The number of rotatable bonds is 4. The quantitative estimate of drug-likeness (QED) is 0.656. The van der Waals surface area contributed by atoms with Gasteiger partial charge in [-0.15, -0.1) is 0 Å². The van der Waals surface area contributed by atoms with Crippen molar-refractivity contribution < 1.29 is 9.31 Å². The highest BCUT2D eigenvalue weighted by Gasteiger charge is 2.52. The first-order valence-corrected chi connectivity index (χ1v) is 9.55. The summed E-state index contributed by atoms with van der Waals surface area (Å²) in [5.41, 5.74) is 0.944. The van der Waals surface area contributed by atoms with Crippen LogP contribution in [0.5, 0.6) is 0 Å². The van der Waals surface area contributed by atoms with E-state index in [9.17, 15) is 4.79 Å². The Morgan fingerprint density at radius 1 is 1.20 bits per heavy atom. The van der Waals surface area contributed by atoms with Crippen molar-refractivity contribution in [2.24, 2.45) is 7.05 Å². The standard InChI is InChI=1S/C18H31BN2O3S/c1-12(20-25-16(2,3)4)13-10-15(22)21(9)11-14(13)19-23-17(5,6)18(7,8)24-19/h10-12,20H,1-9H3/t12-/m0/s1. The molecule has 0 saturated carbocycles. The van der Waals surface area contributed by atoms with Crippen LogP contribution in [-0.2, 0) is 16.4 Å². The highest BCUT2D eigenvalue weighted by molar-refractivity contribution is 7.98. The van der Waals surface area contributed by atoms with Crippen LogP contribution in [0.3, 0.4) is 0 Å². The van der Waals surface area contributed by atoms with E-state index >= 15 is 0 Å². The Balaban J connectivity index is 2.38. The van der Waals surface area contributed by atoms with Crippen LogP contribution in [0.4, 0.5) is 0 Å². The van der Waals surface area contributed by atoms with Gasteiger partial charge in [0.25, 0.3) is 5.56 Å². The molecule has 0 bridgehead atoms. The maximum Gasteiger partial charge on any atom is 0.496 e. The summed E-state index contributed by atoms with van der Waals surface area (Å²) >= 11 is 1.66. The van der Waals surface area contributed by atoms with Gasteiger partial charge in [-0.1, -0.05) is 11.9 Å². The summed E-state index contributed by atoms with van der Waals surface area (Å²) in [5, 5.41) is 0. The predicted octanol–water partition coefficient (Wildman–Crippen LogP) is 2.78. The largest absolute Gasteiger partial charge is 0.496 e. The fourth-order valence-electron chi connectivity index (χ4n) is 2.54. The van der Waals surface area contributed by atoms with Gasteiger partial charge in [0.1, 0.15) is 0 Å². The van der Waals surface area contributed by atoms with E-state index in [4.69, 9.17) is 9.31 Å². The molecule has 2 rings (SSSR count). The van der Waals surface area contributed by atoms with E-state index in [1.54, 1.807) is 29.6 Å². The monoisotopic (exact) mass is 366 g/mol. The molecule has 5 nitrogen and oxygen atoms in total. The smallest absolute Gasteiger partial charge is 0.399 e. The highest BCUT2D eigenvalue weighted by atomic mass is 32.2. The van der Waals surface area contributed by atoms with Crippen molar-refractivity contribution >= 4 is 24.5 Å². The molecule has 0 aliphatic carbocycles. The summed E-state index contributed by atoms with van der Waals surface area (Å²) < 4.78 is 17.5. The molecular weight excluding hydrogens is 335 g/mol. The lowest BCUT2D eigenvalue weighted by molar-refractivity contribution is 0.00578. The van der Waals surface area contributed by atoms with Gasteiger partial charge in [-0.2, -0.15) is 0 Å². The molecule has 0 radical (unpaired) electrons. The molecule has 1 aliphatic heterocycles. The Kier molecular flexibility index (Phi) is 5.56. The summed E-state index contributed by atoms with van der Waals surface area (Å²) in [7, 11) is 1.26. The molecule has 1 saturated heterocycles. The number of aromatic nitrogens is 1. The number of aryl methyl sites for hydroxylation is 1. The SMILES string of the molecule is C[C@H](NSC(C)(C)C)c1cc(=O)n(C)cc1B1OC(C)(C)C(C)(C)O1. The molecular formula is C18H31BN2O3S. The van der Waals surface area contributed by atoms with E-state index in [0.717, 1.165) is 11.0 Å². The summed E-state index contributed by atoms with van der Waals surface area (Å²) in [5.74, 6) is 0. The summed E-state index contributed by atoms with van der Waals surface area (Å²) in [6.45, 7) is 16.6. The van der Waals surface area contributed by atoms with E-state index in [-0.39, 0.29) is 16.3 Å². The van der Waals surface area contributed by atoms with Gasteiger partial charge in [0.05, 0.1) is 11.2 Å². The van der Waals surface area contributed by atoms with Crippen LogP contribution in [0.15, 0.2) is 17.1 Å². The van der Waals surface area contributed by atoms with E-state index < -0.39 is 18.3 Å². The number of nitrogens with one attached hydrogen (secondary N) is 1. The van der Waals surface area contributed by atoms with E-state index in [1.807, 2.05) is 33.9 Å². The minimum absolute atomic E-state index is 0.00727. The Bertz CT molecular complexity index is 679. The fraction of sp³-hybridized carbons (Fsp3) is 0.722. The van der Waals surface area contributed by atoms with Crippen molar-refractivity contribution in [1.29, 1.82) is 0 Å². The van der Waals surface area contributed by atoms with Gasteiger partial charge in [0, 0.05) is 35.6 Å². The van der Waals surface area contributed by atoms with Gasteiger partial charge in [-0.3, -0.25) is 9.52 Å². The average Bonchev–Trinajstić information content (AvgIpc) is 2.66. The first-order chi connectivity index (χ1) is 11.2. The fourth-order valence-corrected chi connectivity index (χ4v) is 3.19. The zero-order valence-corrected chi connectivity index (χ0v) is 17.7. The molecule has 1 fully saturated rings. The van der Waals surface area contributed by atoms with Crippen molar-refractivity contribution in [3.8, 4) is 0 Å². The molecule has 25 heavy (non-hydrogen) atoms. The number of nitrogens with zero attached hydrogens (tertiary/aromatic N) is 1. The molecule has 0 amide bonds. The number of pyridine rings is 1. The Morgan fingerprint density at radius 2 is 1.72 bits per heavy atom. The third kappa shape index (κ3) is 4.51. The molecule has 1 aliphatic rings. The maximum absolute atomic E-state index is 12.2. The average molecular weight is 366 g/mol.